The molecule has 0 radical (unpaired) electrons. The summed E-state index contributed by atoms with van der Waals surface area (Å²) in [6.45, 7) is 1.41. The molecule has 1 atom stereocenters. The molecule has 0 saturated carbocycles. The van der Waals surface area contributed by atoms with Crippen molar-refractivity contribution in [3.05, 3.63) is 34.9 Å². The molecule has 0 aromatic heterocycles. The van der Waals surface area contributed by atoms with Crippen LogP contribution in [-0.4, -0.2) is 22.2 Å². The largest absolute Gasteiger partial charge is 0.480 e. The fraction of sp³-hybridized carbons (Fsp3) is 0.273. The predicted molar refractivity (Wildman–Crippen MR) is 69.9 cm³/mol. The maximum absolute atomic E-state index is 11.1. The smallest absolute Gasteiger partial charge is 0.336 e. The Labute approximate surface area is 115 Å². The van der Waals surface area contributed by atoms with E-state index in [0.29, 0.717) is 5.33 Å². The van der Waals surface area contributed by atoms with Crippen LogP contribution in [0.1, 0.15) is 28.4 Å². The fourth-order valence-corrected chi connectivity index (χ4v) is 2.07. The van der Waals surface area contributed by atoms with E-state index in [1.54, 1.807) is 6.07 Å². The highest BCUT2D eigenvalue weighted by atomic mass is 79.9. The molecule has 0 bridgehead atoms. The lowest BCUT2D eigenvalue weighted by molar-refractivity contribution is -0.139. The van der Waals surface area contributed by atoms with Gasteiger partial charge in [-0.2, -0.15) is 0 Å². The van der Waals surface area contributed by atoms with Gasteiger partial charge < -0.3 is 10.2 Å². The summed E-state index contributed by atoms with van der Waals surface area (Å²) in [7, 11) is 0. The minimum Gasteiger partial charge on any atom is -0.480 e. The number of halogens is 2. The van der Waals surface area contributed by atoms with Crippen LogP contribution in [0.3, 0.4) is 0 Å². The molecule has 0 aliphatic heterocycles. The molecule has 2 N–H and O–H groups in total. The van der Waals surface area contributed by atoms with Crippen LogP contribution in [0.4, 0.5) is 0 Å². The van der Waals surface area contributed by atoms with Gasteiger partial charge in [-0.15, -0.1) is 0 Å². The Hall–Kier alpha value is -0.880. The van der Waals surface area contributed by atoms with Crippen LogP contribution in [0.15, 0.2) is 18.2 Å². The number of hydrogen-bond acceptors (Lipinski definition) is 2. The van der Waals surface area contributed by atoms with Crippen molar-refractivity contribution in [1.29, 1.82) is 0 Å². The van der Waals surface area contributed by atoms with E-state index in [9.17, 15) is 9.59 Å². The summed E-state index contributed by atoms with van der Waals surface area (Å²) in [6, 6.07) is 4.68. The van der Waals surface area contributed by atoms with Gasteiger partial charge in [-0.3, -0.25) is 4.79 Å². The van der Waals surface area contributed by atoms with Gasteiger partial charge in [0.1, 0.15) is 4.32 Å². The number of aromatic carboxylic acids is 1. The molecule has 17 heavy (non-hydrogen) atoms. The number of rotatable bonds is 4. The van der Waals surface area contributed by atoms with E-state index in [-0.39, 0.29) is 11.1 Å². The summed E-state index contributed by atoms with van der Waals surface area (Å²) in [4.78, 5) is 22.2. The first-order valence-corrected chi connectivity index (χ1v) is 6.57. The Bertz CT molecular complexity index is 469. The molecule has 0 heterocycles. The number of alkyl halides is 2. The SMILES string of the molecule is CC(Br)(C(=O)O)c1ccc(CBr)cc1C(=O)O. The zero-order chi connectivity index (χ0) is 13.2. The average Bonchev–Trinajstić information content (AvgIpc) is 2.27. The third-order valence-corrected chi connectivity index (χ3v) is 3.79. The van der Waals surface area contributed by atoms with E-state index in [2.05, 4.69) is 31.9 Å². The molecular formula is C11H10Br2O4. The van der Waals surface area contributed by atoms with E-state index in [4.69, 9.17) is 10.2 Å². The van der Waals surface area contributed by atoms with Crippen LogP contribution in [0.25, 0.3) is 0 Å². The maximum Gasteiger partial charge on any atom is 0.336 e. The molecule has 1 aromatic rings. The second kappa shape index (κ2) is 5.18. The van der Waals surface area contributed by atoms with Gasteiger partial charge in [-0.05, 0) is 24.1 Å². The van der Waals surface area contributed by atoms with Gasteiger partial charge >= 0.3 is 11.9 Å². The molecule has 4 nitrogen and oxygen atoms in total. The monoisotopic (exact) mass is 364 g/mol. The van der Waals surface area contributed by atoms with Gasteiger partial charge in [-0.25, -0.2) is 4.79 Å². The second-order valence-corrected chi connectivity index (χ2v) is 5.77. The highest BCUT2D eigenvalue weighted by Crippen LogP contribution is 2.34. The first kappa shape index (κ1) is 14.2. The Morgan fingerprint density at radius 1 is 1.35 bits per heavy atom. The lowest BCUT2D eigenvalue weighted by Gasteiger charge is -2.20. The average molecular weight is 366 g/mol. The first-order chi connectivity index (χ1) is 7.80. The fourth-order valence-electron chi connectivity index (χ4n) is 1.38. The normalized spacial score (nSPS) is 14.1. The van der Waals surface area contributed by atoms with E-state index >= 15 is 0 Å². The summed E-state index contributed by atoms with van der Waals surface area (Å²) < 4.78 is -1.41. The summed E-state index contributed by atoms with van der Waals surface area (Å²) in [5, 5.41) is 18.7. The van der Waals surface area contributed by atoms with Crippen LogP contribution in [0.5, 0.6) is 0 Å². The van der Waals surface area contributed by atoms with E-state index in [1.165, 1.54) is 19.1 Å². The standard InChI is InChI=1S/C11H10Br2O4/c1-11(13,10(16)17)8-3-2-6(5-12)4-7(8)9(14)15/h2-4H,5H2,1H3,(H,14,15)(H,16,17). The van der Waals surface area contributed by atoms with Crippen molar-refractivity contribution in [1.82, 2.24) is 0 Å². The molecule has 1 aromatic carbocycles. The summed E-state index contributed by atoms with van der Waals surface area (Å²) in [5.74, 6) is -2.28. The number of carboxylic acid groups (broad SMARTS) is 2. The molecule has 0 aliphatic carbocycles. The second-order valence-electron chi connectivity index (χ2n) is 3.63. The zero-order valence-electron chi connectivity index (χ0n) is 8.91. The van der Waals surface area contributed by atoms with Crippen molar-refractivity contribution in [2.24, 2.45) is 0 Å². The number of hydrogen-bond donors (Lipinski definition) is 2. The first-order valence-electron chi connectivity index (χ1n) is 4.65. The zero-order valence-corrected chi connectivity index (χ0v) is 12.1. The minimum absolute atomic E-state index is 0.0104. The lowest BCUT2D eigenvalue weighted by atomic mass is 9.94. The highest BCUT2D eigenvalue weighted by molar-refractivity contribution is 9.10. The highest BCUT2D eigenvalue weighted by Gasteiger charge is 2.35. The summed E-state index contributed by atoms with van der Waals surface area (Å²) >= 11 is 6.27. The predicted octanol–water partition coefficient (Wildman–Crippen LogP) is 2.97. The van der Waals surface area contributed by atoms with Crippen molar-refractivity contribution < 1.29 is 19.8 Å². The molecule has 6 heteroatoms. The van der Waals surface area contributed by atoms with E-state index < -0.39 is 16.3 Å². The molecule has 1 rings (SSSR count). The van der Waals surface area contributed by atoms with Crippen LogP contribution in [-0.2, 0) is 14.4 Å². The van der Waals surface area contributed by atoms with Crippen molar-refractivity contribution >= 4 is 43.8 Å². The molecule has 0 aliphatic rings. The summed E-state index contributed by atoms with van der Waals surface area (Å²) in [6.07, 6.45) is 0. The third-order valence-electron chi connectivity index (χ3n) is 2.38. The van der Waals surface area contributed by atoms with Crippen LogP contribution < -0.4 is 0 Å². The third kappa shape index (κ3) is 2.87. The topological polar surface area (TPSA) is 74.6 Å². The van der Waals surface area contributed by atoms with Gasteiger partial charge in [0.2, 0.25) is 0 Å². The Kier molecular flexibility index (Phi) is 4.32. The molecule has 92 valence electrons. The molecule has 0 saturated heterocycles. The minimum atomic E-state index is -1.41. The molecule has 1 unspecified atom stereocenters. The van der Waals surface area contributed by atoms with Gasteiger partial charge in [0.15, 0.2) is 0 Å². The van der Waals surface area contributed by atoms with Gasteiger partial charge in [0.25, 0.3) is 0 Å². The number of carbonyl (C=O) groups is 2. The van der Waals surface area contributed by atoms with Crippen LogP contribution in [0, 0.1) is 0 Å². The van der Waals surface area contributed by atoms with Crippen LogP contribution in [0.2, 0.25) is 0 Å². The van der Waals surface area contributed by atoms with Crippen LogP contribution >= 0.6 is 31.9 Å². The number of aliphatic carboxylic acids is 1. The van der Waals surface area contributed by atoms with Crippen molar-refractivity contribution in [3.8, 4) is 0 Å². The number of carboxylic acids is 2. The molecule has 0 amide bonds. The quantitative estimate of drug-likeness (QED) is 0.804. The summed E-state index contributed by atoms with van der Waals surface area (Å²) in [5.41, 5.74) is 0.991. The molecule has 0 fully saturated rings. The lowest BCUT2D eigenvalue weighted by Crippen LogP contribution is -2.27. The van der Waals surface area contributed by atoms with E-state index in [1.807, 2.05) is 0 Å². The van der Waals surface area contributed by atoms with Gasteiger partial charge in [0, 0.05) is 5.33 Å². The van der Waals surface area contributed by atoms with Crippen molar-refractivity contribution in [2.45, 2.75) is 16.6 Å². The molecular weight excluding hydrogens is 356 g/mol. The van der Waals surface area contributed by atoms with Gasteiger partial charge in [-0.1, -0.05) is 44.0 Å². The Morgan fingerprint density at radius 3 is 2.35 bits per heavy atom. The molecule has 0 spiro atoms. The Balaban J connectivity index is 3.43. The van der Waals surface area contributed by atoms with Crippen molar-refractivity contribution in [2.75, 3.05) is 0 Å². The maximum atomic E-state index is 11.1. The van der Waals surface area contributed by atoms with Gasteiger partial charge in [0.05, 0.1) is 5.56 Å². The van der Waals surface area contributed by atoms with E-state index in [0.717, 1.165) is 5.56 Å². The number of benzene rings is 1. The van der Waals surface area contributed by atoms with Crippen molar-refractivity contribution in [3.63, 3.8) is 0 Å². The Morgan fingerprint density at radius 2 is 1.94 bits per heavy atom.